The highest BCUT2D eigenvalue weighted by Gasteiger charge is 2.21. The van der Waals surface area contributed by atoms with E-state index in [1.807, 2.05) is 12.1 Å². The zero-order valence-electron chi connectivity index (χ0n) is 11.5. The summed E-state index contributed by atoms with van der Waals surface area (Å²) in [4.78, 5) is 0. The first-order valence-corrected chi connectivity index (χ1v) is 6.57. The molecule has 0 aliphatic heterocycles. The molecule has 0 bridgehead atoms. The van der Waals surface area contributed by atoms with Gasteiger partial charge in [0.2, 0.25) is 0 Å². The van der Waals surface area contributed by atoms with Crippen LogP contribution in [0.15, 0.2) is 12.1 Å². The lowest BCUT2D eigenvalue weighted by Gasteiger charge is -2.17. The van der Waals surface area contributed by atoms with E-state index in [0.29, 0.717) is 0 Å². The van der Waals surface area contributed by atoms with Crippen molar-refractivity contribution in [2.75, 3.05) is 21.3 Å². The van der Waals surface area contributed by atoms with Crippen molar-refractivity contribution in [1.29, 1.82) is 0 Å². The lowest BCUT2D eigenvalue weighted by Crippen LogP contribution is -2.04. The molecule has 1 fully saturated rings. The van der Waals surface area contributed by atoms with Gasteiger partial charge in [-0.15, -0.1) is 0 Å². The summed E-state index contributed by atoms with van der Waals surface area (Å²) in [5.41, 5.74) is 1.17. The Morgan fingerprint density at radius 3 is 1.94 bits per heavy atom. The Kier molecular flexibility index (Phi) is 4.34. The van der Waals surface area contributed by atoms with Crippen molar-refractivity contribution < 1.29 is 14.2 Å². The van der Waals surface area contributed by atoms with Gasteiger partial charge in [0.15, 0.2) is 0 Å². The Hall–Kier alpha value is -1.38. The van der Waals surface area contributed by atoms with E-state index < -0.39 is 0 Å². The molecule has 0 atom stereocenters. The smallest absolute Gasteiger partial charge is 0.129 e. The highest BCUT2D eigenvalue weighted by Crippen LogP contribution is 2.38. The second-order valence-electron chi connectivity index (χ2n) is 4.87. The molecule has 0 aromatic heterocycles. The third-order valence-corrected chi connectivity index (χ3v) is 3.78. The van der Waals surface area contributed by atoms with Crippen LogP contribution in [0.3, 0.4) is 0 Å². The fourth-order valence-corrected chi connectivity index (χ4v) is 2.78. The summed E-state index contributed by atoms with van der Waals surface area (Å²) in [6.45, 7) is 0. The first-order valence-electron chi connectivity index (χ1n) is 6.57. The second kappa shape index (κ2) is 5.98. The lowest BCUT2D eigenvalue weighted by molar-refractivity contribution is 0.363. The molecular formula is C15H22O3. The predicted octanol–water partition coefficient (Wildman–Crippen LogP) is 3.45. The van der Waals surface area contributed by atoms with Crippen molar-refractivity contribution in [3.8, 4) is 17.2 Å². The molecule has 0 saturated heterocycles. The minimum Gasteiger partial charge on any atom is -0.496 e. The highest BCUT2D eigenvalue weighted by atomic mass is 16.5. The van der Waals surface area contributed by atoms with Crippen LogP contribution in [-0.4, -0.2) is 21.3 Å². The maximum atomic E-state index is 5.48. The Morgan fingerprint density at radius 2 is 1.50 bits per heavy atom. The van der Waals surface area contributed by atoms with Crippen molar-refractivity contribution in [1.82, 2.24) is 0 Å². The standard InChI is InChI=1S/C15H22O3/c1-16-12-9-14(17-2)13(15(10-12)18-3)8-11-6-4-5-7-11/h9-11H,4-8H2,1-3H3. The summed E-state index contributed by atoms with van der Waals surface area (Å²) in [5, 5.41) is 0. The van der Waals surface area contributed by atoms with Crippen LogP contribution in [0.2, 0.25) is 0 Å². The van der Waals surface area contributed by atoms with Crippen LogP contribution in [-0.2, 0) is 6.42 Å². The predicted molar refractivity (Wildman–Crippen MR) is 71.8 cm³/mol. The average Bonchev–Trinajstić information content (AvgIpc) is 2.91. The zero-order valence-corrected chi connectivity index (χ0v) is 11.5. The average molecular weight is 250 g/mol. The molecular weight excluding hydrogens is 228 g/mol. The van der Waals surface area contributed by atoms with Gasteiger partial charge in [0.05, 0.1) is 21.3 Å². The van der Waals surface area contributed by atoms with Gasteiger partial charge >= 0.3 is 0 Å². The highest BCUT2D eigenvalue weighted by molar-refractivity contribution is 5.51. The molecule has 0 amide bonds. The fourth-order valence-electron chi connectivity index (χ4n) is 2.78. The van der Waals surface area contributed by atoms with Crippen molar-refractivity contribution in [2.24, 2.45) is 5.92 Å². The van der Waals surface area contributed by atoms with Crippen molar-refractivity contribution >= 4 is 0 Å². The molecule has 1 aromatic carbocycles. The van der Waals surface area contributed by atoms with Crippen LogP contribution in [0, 0.1) is 5.92 Å². The van der Waals surface area contributed by atoms with Crippen LogP contribution in [0.4, 0.5) is 0 Å². The first-order chi connectivity index (χ1) is 8.78. The number of benzene rings is 1. The largest absolute Gasteiger partial charge is 0.496 e. The maximum Gasteiger partial charge on any atom is 0.129 e. The summed E-state index contributed by atoms with van der Waals surface area (Å²) in [6.07, 6.45) is 6.38. The molecule has 1 saturated carbocycles. The number of hydrogen-bond acceptors (Lipinski definition) is 3. The Labute approximate surface area is 109 Å². The van der Waals surface area contributed by atoms with Crippen molar-refractivity contribution in [3.63, 3.8) is 0 Å². The van der Waals surface area contributed by atoms with E-state index in [-0.39, 0.29) is 0 Å². The van der Waals surface area contributed by atoms with Crippen molar-refractivity contribution in [2.45, 2.75) is 32.1 Å². The first kappa shape index (κ1) is 13.1. The van der Waals surface area contributed by atoms with Crippen LogP contribution < -0.4 is 14.2 Å². The van der Waals surface area contributed by atoms with Crippen LogP contribution in [0.5, 0.6) is 17.2 Å². The van der Waals surface area contributed by atoms with Crippen LogP contribution in [0.1, 0.15) is 31.2 Å². The summed E-state index contributed by atoms with van der Waals surface area (Å²) in [5.74, 6) is 3.29. The molecule has 1 aliphatic carbocycles. The molecule has 0 radical (unpaired) electrons. The van der Waals surface area contributed by atoms with E-state index in [4.69, 9.17) is 14.2 Å². The molecule has 0 spiro atoms. The van der Waals surface area contributed by atoms with E-state index in [9.17, 15) is 0 Å². The van der Waals surface area contributed by atoms with Gasteiger partial charge in [-0.05, 0) is 12.3 Å². The maximum absolute atomic E-state index is 5.48. The topological polar surface area (TPSA) is 27.7 Å². The van der Waals surface area contributed by atoms with E-state index >= 15 is 0 Å². The number of methoxy groups -OCH3 is 3. The molecule has 100 valence electrons. The normalized spacial score (nSPS) is 15.7. The second-order valence-corrected chi connectivity index (χ2v) is 4.87. The molecule has 0 heterocycles. The molecule has 18 heavy (non-hydrogen) atoms. The number of ether oxygens (including phenoxy) is 3. The summed E-state index contributed by atoms with van der Waals surface area (Å²) >= 11 is 0. The van der Waals surface area contributed by atoms with Crippen molar-refractivity contribution in [3.05, 3.63) is 17.7 Å². The van der Waals surface area contributed by atoms with Gasteiger partial charge in [-0.25, -0.2) is 0 Å². The summed E-state index contributed by atoms with van der Waals surface area (Å²) in [6, 6.07) is 3.87. The minimum absolute atomic E-state index is 0.765. The SMILES string of the molecule is COc1cc(OC)c(CC2CCCC2)c(OC)c1. The molecule has 0 unspecified atom stereocenters. The van der Waals surface area contributed by atoms with Gasteiger partial charge in [0.1, 0.15) is 17.2 Å². The monoisotopic (exact) mass is 250 g/mol. The Morgan fingerprint density at radius 1 is 0.944 bits per heavy atom. The van der Waals surface area contributed by atoms with Gasteiger partial charge in [0, 0.05) is 17.7 Å². The molecule has 1 aliphatic rings. The fraction of sp³-hybridized carbons (Fsp3) is 0.600. The van der Waals surface area contributed by atoms with Crippen LogP contribution >= 0.6 is 0 Å². The quantitative estimate of drug-likeness (QED) is 0.801. The van der Waals surface area contributed by atoms with E-state index in [1.165, 1.54) is 31.2 Å². The Balaban J connectivity index is 2.29. The van der Waals surface area contributed by atoms with Gasteiger partial charge in [0.25, 0.3) is 0 Å². The third kappa shape index (κ3) is 2.71. The van der Waals surface area contributed by atoms with Gasteiger partial charge < -0.3 is 14.2 Å². The lowest BCUT2D eigenvalue weighted by atomic mass is 9.96. The molecule has 1 aromatic rings. The minimum atomic E-state index is 0.765. The van der Waals surface area contributed by atoms with E-state index in [1.54, 1.807) is 21.3 Å². The number of rotatable bonds is 5. The van der Waals surface area contributed by atoms with Gasteiger partial charge in [-0.3, -0.25) is 0 Å². The molecule has 2 rings (SSSR count). The van der Waals surface area contributed by atoms with E-state index in [0.717, 1.165) is 29.6 Å². The van der Waals surface area contributed by atoms with Crippen LogP contribution in [0.25, 0.3) is 0 Å². The number of hydrogen-bond donors (Lipinski definition) is 0. The van der Waals surface area contributed by atoms with Gasteiger partial charge in [-0.1, -0.05) is 25.7 Å². The van der Waals surface area contributed by atoms with E-state index in [2.05, 4.69) is 0 Å². The Bertz CT molecular complexity index is 370. The summed E-state index contributed by atoms with van der Waals surface area (Å²) < 4.78 is 16.2. The zero-order chi connectivity index (χ0) is 13.0. The molecule has 0 N–H and O–H groups in total. The van der Waals surface area contributed by atoms with Gasteiger partial charge in [-0.2, -0.15) is 0 Å². The summed E-state index contributed by atoms with van der Waals surface area (Å²) in [7, 11) is 5.06. The third-order valence-electron chi connectivity index (χ3n) is 3.78. The molecule has 3 nitrogen and oxygen atoms in total. The molecule has 3 heteroatoms.